The van der Waals surface area contributed by atoms with Crippen LogP contribution in [-0.2, 0) is 20.9 Å². The first-order chi connectivity index (χ1) is 13.1. The molecule has 0 fully saturated rings. The summed E-state index contributed by atoms with van der Waals surface area (Å²) in [5, 5.41) is 13.3. The van der Waals surface area contributed by atoms with Crippen LogP contribution in [-0.4, -0.2) is 38.2 Å². The molecule has 1 aromatic heterocycles. The molecule has 0 aliphatic carbocycles. The number of hydrogen-bond acceptors (Lipinski definition) is 7. The van der Waals surface area contributed by atoms with Crippen molar-refractivity contribution in [1.29, 1.82) is 0 Å². The Balaban J connectivity index is 1.61. The summed E-state index contributed by atoms with van der Waals surface area (Å²) < 4.78 is 6.36. The van der Waals surface area contributed by atoms with E-state index >= 15 is 0 Å². The molecule has 0 aliphatic rings. The molecule has 3 rings (SSSR count). The molecule has 2 aromatic carbocycles. The number of anilines is 1. The molecule has 0 bridgehead atoms. The lowest BCUT2D eigenvalue weighted by Gasteiger charge is -2.15. The van der Waals surface area contributed by atoms with E-state index in [9.17, 15) is 9.59 Å². The van der Waals surface area contributed by atoms with Gasteiger partial charge in [-0.25, -0.2) is 4.68 Å². The summed E-state index contributed by atoms with van der Waals surface area (Å²) >= 11 is 1.54. The lowest BCUT2D eigenvalue weighted by Crippen LogP contribution is -2.31. The third-order valence-electron chi connectivity index (χ3n) is 3.48. The number of carbonyl (C=O) groups is 2. The summed E-state index contributed by atoms with van der Waals surface area (Å²) in [5.74, 6) is -1.02. The molecule has 0 aliphatic heterocycles. The first kappa shape index (κ1) is 18.6. The molecule has 1 atom stereocenters. The van der Waals surface area contributed by atoms with Crippen molar-refractivity contribution in [3.8, 4) is 0 Å². The number of benzene rings is 2. The van der Waals surface area contributed by atoms with Gasteiger partial charge < -0.3 is 10.1 Å². The number of aromatic nitrogens is 4. The van der Waals surface area contributed by atoms with Gasteiger partial charge in [0.15, 0.2) is 6.10 Å². The highest BCUT2D eigenvalue weighted by atomic mass is 32.2. The number of hydrogen-bond donors (Lipinski definition) is 1. The zero-order chi connectivity index (χ0) is 19.1. The fraction of sp³-hybridized carbons (Fsp3) is 0.167. The van der Waals surface area contributed by atoms with Crippen molar-refractivity contribution in [3.63, 3.8) is 0 Å². The van der Waals surface area contributed by atoms with Crippen molar-refractivity contribution in [1.82, 2.24) is 20.2 Å². The van der Waals surface area contributed by atoms with E-state index < -0.39 is 18.0 Å². The molecular weight excluding hydrogens is 366 g/mol. The predicted molar refractivity (Wildman–Crippen MR) is 99.0 cm³/mol. The topological polar surface area (TPSA) is 99.0 Å². The predicted octanol–water partition coefficient (Wildman–Crippen LogP) is 2.39. The number of amides is 1. The minimum absolute atomic E-state index is 0.162. The zero-order valence-corrected chi connectivity index (χ0v) is 15.3. The van der Waals surface area contributed by atoms with Gasteiger partial charge in [0, 0.05) is 9.79 Å². The highest BCUT2D eigenvalue weighted by Gasteiger charge is 2.19. The van der Waals surface area contributed by atoms with Crippen LogP contribution in [0.25, 0.3) is 0 Å². The molecule has 0 spiro atoms. The average molecular weight is 383 g/mol. The second-order valence-electron chi connectivity index (χ2n) is 5.54. The van der Waals surface area contributed by atoms with Crippen molar-refractivity contribution in [2.75, 3.05) is 5.32 Å². The Kier molecular flexibility index (Phi) is 6.16. The Bertz CT molecular complexity index is 902. The molecule has 138 valence electrons. The maximum Gasteiger partial charge on any atom is 0.328 e. The van der Waals surface area contributed by atoms with Crippen LogP contribution in [0.4, 0.5) is 5.69 Å². The van der Waals surface area contributed by atoms with Gasteiger partial charge in [0.25, 0.3) is 5.91 Å². The lowest BCUT2D eigenvalue weighted by molar-refractivity contribution is -0.153. The van der Waals surface area contributed by atoms with Gasteiger partial charge >= 0.3 is 5.97 Å². The second kappa shape index (κ2) is 8.95. The molecule has 1 N–H and O–H groups in total. The zero-order valence-electron chi connectivity index (χ0n) is 14.5. The van der Waals surface area contributed by atoms with Crippen molar-refractivity contribution < 1.29 is 14.3 Å². The average Bonchev–Trinajstić information content (AvgIpc) is 3.17. The van der Waals surface area contributed by atoms with Gasteiger partial charge in [-0.1, -0.05) is 42.1 Å². The largest absolute Gasteiger partial charge is 0.451 e. The maximum absolute atomic E-state index is 12.4. The highest BCUT2D eigenvalue weighted by Crippen LogP contribution is 2.33. The Hall–Kier alpha value is -3.20. The van der Waals surface area contributed by atoms with Crippen LogP contribution < -0.4 is 5.32 Å². The Morgan fingerprint density at radius 3 is 2.63 bits per heavy atom. The van der Waals surface area contributed by atoms with E-state index in [0.29, 0.717) is 5.69 Å². The number of ether oxygens (including phenoxy) is 1. The fourth-order valence-electron chi connectivity index (χ4n) is 2.18. The number of rotatable bonds is 7. The number of nitrogens with zero attached hydrogens (tertiary/aromatic N) is 4. The molecule has 1 amide bonds. The minimum Gasteiger partial charge on any atom is -0.451 e. The molecule has 0 saturated carbocycles. The van der Waals surface area contributed by atoms with Gasteiger partial charge in [-0.3, -0.25) is 9.59 Å². The van der Waals surface area contributed by atoms with E-state index in [2.05, 4.69) is 20.8 Å². The molecule has 8 nitrogen and oxygen atoms in total. The van der Waals surface area contributed by atoms with Crippen LogP contribution in [0, 0.1) is 0 Å². The van der Waals surface area contributed by atoms with Crippen LogP contribution in [0.3, 0.4) is 0 Å². The maximum atomic E-state index is 12.4. The molecule has 0 unspecified atom stereocenters. The van der Waals surface area contributed by atoms with E-state index in [-0.39, 0.29) is 6.54 Å². The summed E-state index contributed by atoms with van der Waals surface area (Å²) in [6, 6.07) is 17.3. The molecule has 27 heavy (non-hydrogen) atoms. The third-order valence-corrected chi connectivity index (χ3v) is 4.56. The Morgan fingerprint density at radius 1 is 1.15 bits per heavy atom. The SMILES string of the molecule is C[C@@H](OC(=O)Cn1cnnn1)C(=O)Nc1ccccc1Sc1ccccc1. The van der Waals surface area contributed by atoms with Gasteiger partial charge in [-0.05, 0) is 41.6 Å². The quantitative estimate of drug-likeness (QED) is 0.625. The molecule has 9 heteroatoms. The van der Waals surface area contributed by atoms with Gasteiger partial charge in [-0.15, -0.1) is 5.10 Å². The number of para-hydroxylation sites is 1. The van der Waals surface area contributed by atoms with E-state index in [1.54, 1.807) is 6.07 Å². The van der Waals surface area contributed by atoms with Gasteiger partial charge in [-0.2, -0.15) is 0 Å². The van der Waals surface area contributed by atoms with E-state index in [4.69, 9.17) is 4.74 Å². The van der Waals surface area contributed by atoms with Crippen LogP contribution in [0.1, 0.15) is 6.92 Å². The van der Waals surface area contributed by atoms with Gasteiger partial charge in [0.2, 0.25) is 0 Å². The normalized spacial score (nSPS) is 11.6. The lowest BCUT2D eigenvalue weighted by atomic mass is 10.3. The number of tetrazole rings is 1. The summed E-state index contributed by atoms with van der Waals surface area (Å²) in [5.41, 5.74) is 0.653. The van der Waals surface area contributed by atoms with Crippen molar-refractivity contribution in [2.45, 2.75) is 29.4 Å². The highest BCUT2D eigenvalue weighted by molar-refractivity contribution is 7.99. The first-order valence-corrected chi connectivity index (χ1v) is 8.96. The summed E-state index contributed by atoms with van der Waals surface area (Å²) in [6.07, 6.45) is 0.340. The summed E-state index contributed by atoms with van der Waals surface area (Å²) in [7, 11) is 0. The van der Waals surface area contributed by atoms with Gasteiger partial charge in [0.1, 0.15) is 12.9 Å². The van der Waals surface area contributed by atoms with E-state index in [0.717, 1.165) is 9.79 Å². The van der Waals surface area contributed by atoms with Crippen LogP contribution >= 0.6 is 11.8 Å². The number of nitrogens with one attached hydrogen (secondary N) is 1. The second-order valence-corrected chi connectivity index (χ2v) is 6.66. The summed E-state index contributed by atoms with van der Waals surface area (Å²) in [4.78, 5) is 26.2. The van der Waals surface area contributed by atoms with Crippen molar-refractivity contribution in [2.24, 2.45) is 0 Å². The molecule has 0 saturated heterocycles. The third kappa shape index (κ3) is 5.38. The Morgan fingerprint density at radius 2 is 1.89 bits per heavy atom. The number of esters is 1. The molecule has 1 heterocycles. The van der Waals surface area contributed by atoms with Crippen LogP contribution in [0.5, 0.6) is 0 Å². The molecule has 0 radical (unpaired) electrons. The van der Waals surface area contributed by atoms with Crippen LogP contribution in [0.15, 0.2) is 70.7 Å². The van der Waals surface area contributed by atoms with Gasteiger partial charge in [0.05, 0.1) is 5.69 Å². The fourth-order valence-corrected chi connectivity index (χ4v) is 3.10. The minimum atomic E-state index is -0.955. The van der Waals surface area contributed by atoms with E-state index in [1.807, 2.05) is 48.5 Å². The van der Waals surface area contributed by atoms with Crippen LogP contribution in [0.2, 0.25) is 0 Å². The van der Waals surface area contributed by atoms with Crippen molar-refractivity contribution >= 4 is 29.3 Å². The van der Waals surface area contributed by atoms with E-state index in [1.165, 1.54) is 29.7 Å². The first-order valence-electron chi connectivity index (χ1n) is 8.15. The summed E-state index contributed by atoms with van der Waals surface area (Å²) in [6.45, 7) is 1.35. The monoisotopic (exact) mass is 383 g/mol. The smallest absolute Gasteiger partial charge is 0.328 e. The Labute approximate surface area is 159 Å². The number of carbonyl (C=O) groups excluding carboxylic acids is 2. The van der Waals surface area contributed by atoms with Crippen molar-refractivity contribution in [3.05, 3.63) is 60.9 Å². The standard InChI is InChI=1S/C18H17N5O3S/c1-13(26-17(24)11-23-12-19-21-22-23)18(25)20-15-9-5-6-10-16(15)27-14-7-3-2-4-8-14/h2-10,12-13H,11H2,1H3,(H,20,25)/t13-/m1/s1. The molecule has 3 aromatic rings. The molecular formula is C18H17N5O3S.